The van der Waals surface area contributed by atoms with Crippen molar-refractivity contribution < 1.29 is 4.79 Å². The molecule has 174 valence electrons. The first-order chi connectivity index (χ1) is 15.2. The van der Waals surface area contributed by atoms with Gasteiger partial charge in [-0.1, -0.05) is 18.2 Å². The molecule has 2 fully saturated rings. The SMILES string of the molecule is CN=C(NCc1cccc(-c2ncn[nH]2)c1)N1CCN(C(C)C(=O)N2CCCC2)CC1.I. The highest BCUT2D eigenvalue weighted by Crippen LogP contribution is 2.16. The molecular formula is C22H33IN8O. The van der Waals surface area contributed by atoms with E-state index in [2.05, 4.69) is 47.4 Å². The lowest BCUT2D eigenvalue weighted by Crippen LogP contribution is -2.57. The first-order valence-corrected chi connectivity index (χ1v) is 11.1. The first kappa shape index (κ1) is 24.4. The molecule has 1 atom stereocenters. The highest BCUT2D eigenvalue weighted by atomic mass is 127. The second kappa shape index (κ2) is 11.6. The van der Waals surface area contributed by atoms with E-state index in [1.807, 2.05) is 31.0 Å². The second-order valence-electron chi connectivity index (χ2n) is 8.17. The molecule has 0 radical (unpaired) electrons. The maximum Gasteiger partial charge on any atom is 0.239 e. The molecule has 1 unspecified atom stereocenters. The van der Waals surface area contributed by atoms with Gasteiger partial charge in [-0.3, -0.25) is 19.8 Å². The Balaban J connectivity index is 0.00000289. The van der Waals surface area contributed by atoms with Crippen LogP contribution in [0.3, 0.4) is 0 Å². The Labute approximate surface area is 206 Å². The van der Waals surface area contributed by atoms with E-state index in [9.17, 15) is 4.79 Å². The molecule has 2 aliphatic rings. The Morgan fingerprint density at radius 3 is 2.56 bits per heavy atom. The Hall–Kier alpha value is -2.21. The van der Waals surface area contributed by atoms with Gasteiger partial charge >= 0.3 is 0 Å². The van der Waals surface area contributed by atoms with Gasteiger partial charge in [0, 0.05) is 58.4 Å². The van der Waals surface area contributed by atoms with Crippen LogP contribution in [0.2, 0.25) is 0 Å². The number of amides is 1. The summed E-state index contributed by atoms with van der Waals surface area (Å²) in [5, 5.41) is 10.3. The van der Waals surface area contributed by atoms with Crippen LogP contribution in [0.25, 0.3) is 11.4 Å². The Morgan fingerprint density at radius 2 is 1.91 bits per heavy atom. The van der Waals surface area contributed by atoms with Crippen LogP contribution in [0.5, 0.6) is 0 Å². The van der Waals surface area contributed by atoms with Crippen molar-refractivity contribution in [1.82, 2.24) is 35.2 Å². The molecule has 0 aliphatic carbocycles. The Kier molecular flexibility index (Phi) is 8.85. The maximum atomic E-state index is 12.7. The number of guanidine groups is 1. The van der Waals surface area contributed by atoms with Crippen LogP contribution in [0.4, 0.5) is 0 Å². The third-order valence-electron chi connectivity index (χ3n) is 6.21. The van der Waals surface area contributed by atoms with E-state index >= 15 is 0 Å². The fourth-order valence-electron chi connectivity index (χ4n) is 4.37. The topological polar surface area (TPSA) is 92.7 Å². The molecular weight excluding hydrogens is 519 g/mol. The summed E-state index contributed by atoms with van der Waals surface area (Å²) in [6, 6.07) is 8.18. The van der Waals surface area contributed by atoms with Gasteiger partial charge in [0.1, 0.15) is 6.33 Å². The van der Waals surface area contributed by atoms with Crippen molar-refractivity contribution in [1.29, 1.82) is 0 Å². The van der Waals surface area contributed by atoms with Crippen LogP contribution in [0.15, 0.2) is 35.6 Å². The minimum Gasteiger partial charge on any atom is -0.352 e. The molecule has 1 amide bonds. The number of likely N-dealkylation sites (tertiary alicyclic amines) is 1. The van der Waals surface area contributed by atoms with Crippen LogP contribution in [-0.2, 0) is 11.3 Å². The summed E-state index contributed by atoms with van der Waals surface area (Å²) in [6.45, 7) is 7.99. The van der Waals surface area contributed by atoms with E-state index in [0.29, 0.717) is 6.54 Å². The monoisotopic (exact) mass is 552 g/mol. The normalized spacial score (nSPS) is 18.4. The summed E-state index contributed by atoms with van der Waals surface area (Å²) < 4.78 is 0. The van der Waals surface area contributed by atoms with E-state index in [-0.39, 0.29) is 35.9 Å². The van der Waals surface area contributed by atoms with E-state index in [0.717, 1.165) is 75.0 Å². The zero-order valence-corrected chi connectivity index (χ0v) is 21.2. The zero-order valence-electron chi connectivity index (χ0n) is 18.8. The highest BCUT2D eigenvalue weighted by molar-refractivity contribution is 14.0. The number of carbonyl (C=O) groups excluding carboxylic acids is 1. The lowest BCUT2D eigenvalue weighted by Gasteiger charge is -2.39. The fourth-order valence-corrected chi connectivity index (χ4v) is 4.37. The molecule has 0 bridgehead atoms. The number of aromatic amines is 1. The zero-order chi connectivity index (χ0) is 21.6. The minimum absolute atomic E-state index is 0. The van der Waals surface area contributed by atoms with Gasteiger partial charge in [0.2, 0.25) is 5.91 Å². The predicted molar refractivity (Wildman–Crippen MR) is 136 cm³/mol. The molecule has 0 spiro atoms. The fraction of sp³-hybridized carbons (Fsp3) is 0.545. The quantitative estimate of drug-likeness (QED) is 0.334. The van der Waals surface area contributed by atoms with E-state index in [1.54, 1.807) is 0 Å². The molecule has 10 heteroatoms. The van der Waals surface area contributed by atoms with Gasteiger partial charge in [-0.2, -0.15) is 5.10 Å². The molecule has 2 saturated heterocycles. The summed E-state index contributed by atoms with van der Waals surface area (Å²) in [4.78, 5) is 28.0. The van der Waals surface area contributed by atoms with Crippen molar-refractivity contribution >= 4 is 35.8 Å². The number of nitrogens with zero attached hydrogens (tertiary/aromatic N) is 6. The van der Waals surface area contributed by atoms with Gasteiger partial charge in [-0.05, 0) is 31.4 Å². The number of carbonyl (C=O) groups is 1. The number of aromatic nitrogens is 3. The lowest BCUT2D eigenvalue weighted by atomic mass is 10.1. The van der Waals surface area contributed by atoms with E-state index < -0.39 is 0 Å². The van der Waals surface area contributed by atoms with Gasteiger partial charge in [0.05, 0.1) is 6.04 Å². The van der Waals surface area contributed by atoms with Gasteiger partial charge in [-0.25, -0.2) is 4.98 Å². The number of hydrogen-bond donors (Lipinski definition) is 2. The number of hydrogen-bond acceptors (Lipinski definition) is 5. The predicted octanol–water partition coefficient (Wildman–Crippen LogP) is 1.79. The number of aliphatic imine (C=N–C) groups is 1. The minimum atomic E-state index is -0.0472. The summed E-state index contributed by atoms with van der Waals surface area (Å²) in [5.74, 6) is 1.93. The first-order valence-electron chi connectivity index (χ1n) is 11.1. The van der Waals surface area contributed by atoms with Crippen molar-refractivity contribution in [2.45, 2.75) is 32.4 Å². The average Bonchev–Trinajstić information content (AvgIpc) is 3.54. The van der Waals surface area contributed by atoms with Crippen molar-refractivity contribution in [3.05, 3.63) is 36.2 Å². The standard InChI is InChI=1S/C22H32N8O.HI/c1-17(21(31)29-8-3-4-9-29)28-10-12-30(13-11-28)22(23-2)24-15-18-6-5-7-19(14-18)20-25-16-26-27-20;/h5-7,14,16-17H,3-4,8-13,15H2,1-2H3,(H,23,24)(H,25,26,27);1H. The number of piperazine rings is 1. The number of nitrogens with one attached hydrogen (secondary N) is 2. The molecule has 4 rings (SSSR count). The van der Waals surface area contributed by atoms with Gasteiger partial charge in [-0.15, -0.1) is 24.0 Å². The van der Waals surface area contributed by atoms with Crippen molar-refractivity contribution in [2.75, 3.05) is 46.3 Å². The van der Waals surface area contributed by atoms with Gasteiger partial charge < -0.3 is 15.1 Å². The van der Waals surface area contributed by atoms with Crippen LogP contribution >= 0.6 is 24.0 Å². The molecule has 9 nitrogen and oxygen atoms in total. The second-order valence-corrected chi connectivity index (χ2v) is 8.17. The molecule has 2 N–H and O–H groups in total. The van der Waals surface area contributed by atoms with Crippen molar-refractivity contribution in [2.24, 2.45) is 4.99 Å². The maximum absolute atomic E-state index is 12.7. The molecule has 2 aliphatic heterocycles. The smallest absolute Gasteiger partial charge is 0.239 e. The Morgan fingerprint density at radius 1 is 1.16 bits per heavy atom. The summed E-state index contributed by atoms with van der Waals surface area (Å²) in [7, 11) is 1.82. The van der Waals surface area contributed by atoms with Gasteiger partial charge in [0.15, 0.2) is 11.8 Å². The molecule has 32 heavy (non-hydrogen) atoms. The molecule has 0 saturated carbocycles. The van der Waals surface area contributed by atoms with Crippen LogP contribution < -0.4 is 5.32 Å². The third kappa shape index (κ3) is 5.77. The highest BCUT2D eigenvalue weighted by Gasteiger charge is 2.30. The van der Waals surface area contributed by atoms with Crippen LogP contribution in [0, 0.1) is 0 Å². The molecule has 1 aromatic heterocycles. The summed E-state index contributed by atoms with van der Waals surface area (Å²) >= 11 is 0. The number of benzene rings is 1. The van der Waals surface area contributed by atoms with Crippen molar-refractivity contribution in [3.63, 3.8) is 0 Å². The van der Waals surface area contributed by atoms with Gasteiger partial charge in [0.25, 0.3) is 0 Å². The largest absolute Gasteiger partial charge is 0.352 e. The van der Waals surface area contributed by atoms with E-state index in [1.165, 1.54) is 6.33 Å². The lowest BCUT2D eigenvalue weighted by molar-refractivity contribution is -0.135. The van der Waals surface area contributed by atoms with Crippen LogP contribution in [-0.4, -0.2) is 94.1 Å². The molecule has 1 aromatic carbocycles. The molecule has 2 aromatic rings. The summed E-state index contributed by atoms with van der Waals surface area (Å²) in [6.07, 6.45) is 3.78. The summed E-state index contributed by atoms with van der Waals surface area (Å²) in [5.41, 5.74) is 2.16. The van der Waals surface area contributed by atoms with Crippen LogP contribution in [0.1, 0.15) is 25.3 Å². The van der Waals surface area contributed by atoms with E-state index in [4.69, 9.17) is 0 Å². The number of rotatable bonds is 5. The third-order valence-corrected chi connectivity index (χ3v) is 6.21. The van der Waals surface area contributed by atoms with Crippen molar-refractivity contribution in [3.8, 4) is 11.4 Å². The number of H-pyrrole nitrogens is 1. The average molecular weight is 552 g/mol. The molecule has 3 heterocycles. The number of halogens is 1. The Bertz CT molecular complexity index is 889.